The Morgan fingerprint density at radius 2 is 0.878 bits per heavy atom. The lowest BCUT2D eigenvalue weighted by molar-refractivity contribution is 0.577. The van der Waals surface area contributed by atoms with Gasteiger partial charge in [-0.05, 0) is 46.9 Å². The van der Waals surface area contributed by atoms with Crippen LogP contribution in [0.5, 0.6) is 0 Å². The Morgan fingerprint density at radius 1 is 0.537 bits per heavy atom. The predicted octanol–water partition coefficient (Wildman–Crippen LogP) is 10.0. The Balaban J connectivity index is 2.30. The van der Waals surface area contributed by atoms with Crippen LogP contribution in [0.25, 0.3) is 20.9 Å². The van der Waals surface area contributed by atoms with Crippen molar-refractivity contribution in [2.24, 2.45) is 0 Å². The molecule has 41 heavy (non-hydrogen) atoms. The molecule has 0 spiro atoms. The van der Waals surface area contributed by atoms with Gasteiger partial charge in [-0.1, -0.05) is 129 Å². The molecule has 226 valence electrons. The summed E-state index contributed by atoms with van der Waals surface area (Å²) < 4.78 is 56.6. The largest absolute Gasteiger partial charge is 0.224 e. The van der Waals surface area contributed by atoms with Crippen LogP contribution in [0.3, 0.4) is 0 Å². The van der Waals surface area contributed by atoms with Gasteiger partial charge in [-0.3, -0.25) is 0 Å². The van der Waals surface area contributed by atoms with Crippen molar-refractivity contribution >= 4 is 31.0 Å². The highest BCUT2D eigenvalue weighted by atomic mass is 32.2. The number of unbranched alkanes of at least 4 members (excludes halogenated alkanes) is 6. The van der Waals surface area contributed by atoms with Gasteiger partial charge in [0.05, 0.1) is 21.3 Å². The van der Waals surface area contributed by atoms with Crippen LogP contribution in [0.1, 0.15) is 116 Å². The summed E-state index contributed by atoms with van der Waals surface area (Å²) in [6, 6.07) is 15.9. The molecular formula is C34H48O4S3. The van der Waals surface area contributed by atoms with Gasteiger partial charge in [0.25, 0.3) is 0 Å². The van der Waals surface area contributed by atoms with Gasteiger partial charge >= 0.3 is 0 Å². The van der Waals surface area contributed by atoms with Crippen LogP contribution < -0.4 is 0 Å². The number of thiophene rings is 1. The second-order valence-electron chi connectivity index (χ2n) is 11.7. The number of sulfone groups is 2. The van der Waals surface area contributed by atoms with Crippen LogP contribution in [0.15, 0.2) is 58.3 Å². The molecule has 0 bridgehead atoms. The molecule has 0 fully saturated rings. The monoisotopic (exact) mass is 616 g/mol. The Kier molecular flexibility index (Phi) is 12.2. The molecule has 0 atom stereocenters. The Morgan fingerprint density at radius 3 is 1.17 bits per heavy atom. The molecule has 1 aromatic heterocycles. The summed E-state index contributed by atoms with van der Waals surface area (Å²) in [5.74, 6) is 0.571. The van der Waals surface area contributed by atoms with Crippen molar-refractivity contribution in [3.63, 3.8) is 0 Å². The lowest BCUT2D eigenvalue weighted by Gasteiger charge is -2.13. The average molecular weight is 617 g/mol. The number of hydrogen-bond donors (Lipinski definition) is 0. The molecule has 0 N–H and O–H groups in total. The van der Waals surface area contributed by atoms with E-state index in [0.29, 0.717) is 34.4 Å². The molecule has 0 aliphatic rings. The van der Waals surface area contributed by atoms with Crippen LogP contribution in [0, 0.1) is 0 Å². The first-order chi connectivity index (χ1) is 19.4. The van der Waals surface area contributed by atoms with E-state index in [1.54, 1.807) is 0 Å². The maximum absolute atomic E-state index is 14.1. The molecule has 0 unspecified atom stereocenters. The van der Waals surface area contributed by atoms with Gasteiger partial charge in [0.15, 0.2) is 19.7 Å². The second kappa shape index (κ2) is 15.0. The van der Waals surface area contributed by atoms with Gasteiger partial charge in [0.2, 0.25) is 0 Å². The topological polar surface area (TPSA) is 68.3 Å². The minimum absolute atomic E-state index is 0.00900. The maximum Gasteiger partial charge on any atom is 0.181 e. The molecule has 0 aliphatic heterocycles. The van der Waals surface area contributed by atoms with Gasteiger partial charge < -0.3 is 0 Å². The fourth-order valence-electron chi connectivity index (χ4n) is 5.03. The Bertz CT molecular complexity index is 1350. The van der Waals surface area contributed by atoms with Crippen molar-refractivity contribution in [3.05, 3.63) is 59.7 Å². The normalized spacial score (nSPS) is 12.5. The molecule has 0 aliphatic carbocycles. The van der Waals surface area contributed by atoms with Crippen LogP contribution in [0.2, 0.25) is 0 Å². The molecule has 0 saturated heterocycles. The smallest absolute Gasteiger partial charge is 0.181 e. The van der Waals surface area contributed by atoms with E-state index >= 15 is 0 Å². The minimum atomic E-state index is -3.87. The fraction of sp³-hybridized carbons (Fsp3) is 0.529. The standard InChI is InChI=1S/C34H48O4S3/c1-7-9-11-13-23-40(35,36)33-31(29-19-15-27(16-20-29)25(3)4)39-32(30-21-17-28(18-22-30)26(5)6)34(33)41(37,38)24-14-12-10-8-2/h15-22,25-26H,7-14,23-24H2,1-6H3. The van der Waals surface area contributed by atoms with E-state index in [-0.39, 0.29) is 21.3 Å². The second-order valence-corrected chi connectivity index (χ2v) is 16.8. The van der Waals surface area contributed by atoms with Crippen molar-refractivity contribution in [1.82, 2.24) is 0 Å². The molecule has 1 heterocycles. The zero-order valence-electron chi connectivity index (χ0n) is 25.7. The van der Waals surface area contributed by atoms with E-state index < -0.39 is 19.7 Å². The van der Waals surface area contributed by atoms with Crippen molar-refractivity contribution in [2.75, 3.05) is 11.5 Å². The summed E-state index contributed by atoms with van der Waals surface area (Å²) >= 11 is 1.30. The first-order valence-electron chi connectivity index (χ1n) is 15.3. The van der Waals surface area contributed by atoms with Crippen LogP contribution in [-0.2, 0) is 19.7 Å². The SMILES string of the molecule is CCCCCCS(=O)(=O)c1c(-c2ccc(C(C)C)cc2)sc(-c2ccc(C(C)C)cc2)c1S(=O)(=O)CCCCCC. The highest BCUT2D eigenvalue weighted by Gasteiger charge is 2.36. The van der Waals surface area contributed by atoms with Gasteiger partial charge in [0, 0.05) is 0 Å². The lowest BCUT2D eigenvalue weighted by Crippen LogP contribution is -2.15. The number of benzene rings is 2. The van der Waals surface area contributed by atoms with Gasteiger partial charge in [0.1, 0.15) is 9.79 Å². The van der Waals surface area contributed by atoms with Gasteiger partial charge in [-0.25, -0.2) is 16.8 Å². The van der Waals surface area contributed by atoms with Crippen LogP contribution in [0.4, 0.5) is 0 Å². The number of rotatable bonds is 16. The third-order valence-corrected chi connectivity index (χ3v) is 13.0. The zero-order chi connectivity index (χ0) is 30.2. The highest BCUT2D eigenvalue weighted by Crippen LogP contribution is 2.48. The van der Waals surface area contributed by atoms with E-state index in [1.165, 1.54) is 11.3 Å². The predicted molar refractivity (Wildman–Crippen MR) is 176 cm³/mol. The minimum Gasteiger partial charge on any atom is -0.224 e. The van der Waals surface area contributed by atoms with Crippen molar-refractivity contribution in [2.45, 2.75) is 115 Å². The van der Waals surface area contributed by atoms with Crippen LogP contribution in [-0.4, -0.2) is 28.3 Å². The Labute approximate surface area is 253 Å². The molecule has 0 saturated carbocycles. The fourth-order valence-corrected chi connectivity index (χ4v) is 11.2. The molecule has 3 rings (SSSR count). The van der Waals surface area contributed by atoms with Gasteiger partial charge in [-0.2, -0.15) is 0 Å². The molecule has 7 heteroatoms. The third-order valence-electron chi connectivity index (χ3n) is 7.66. The van der Waals surface area contributed by atoms with E-state index in [9.17, 15) is 16.8 Å². The first kappa shape index (κ1) is 33.5. The van der Waals surface area contributed by atoms with Crippen molar-refractivity contribution in [3.8, 4) is 20.9 Å². The van der Waals surface area contributed by atoms with E-state index in [4.69, 9.17) is 0 Å². The molecular weight excluding hydrogens is 569 g/mol. The summed E-state index contributed by atoms with van der Waals surface area (Å²) in [5.41, 5.74) is 3.81. The maximum atomic E-state index is 14.1. The summed E-state index contributed by atoms with van der Waals surface area (Å²) in [7, 11) is -7.75. The van der Waals surface area contributed by atoms with Crippen molar-refractivity contribution < 1.29 is 16.8 Å². The average Bonchev–Trinajstić information content (AvgIpc) is 3.37. The van der Waals surface area contributed by atoms with E-state index in [1.807, 2.05) is 48.5 Å². The molecule has 0 radical (unpaired) electrons. The first-order valence-corrected chi connectivity index (χ1v) is 19.4. The molecule has 0 amide bonds. The molecule has 2 aromatic carbocycles. The summed E-state index contributed by atoms with van der Waals surface area (Å²) in [6.07, 6.45) is 6.57. The Hall–Kier alpha value is -1.96. The quantitative estimate of drug-likeness (QED) is 0.150. The van der Waals surface area contributed by atoms with Crippen LogP contribution >= 0.6 is 11.3 Å². The van der Waals surface area contributed by atoms with Crippen molar-refractivity contribution in [1.29, 1.82) is 0 Å². The van der Waals surface area contributed by atoms with Gasteiger partial charge in [-0.15, -0.1) is 11.3 Å². The third kappa shape index (κ3) is 8.55. The lowest BCUT2D eigenvalue weighted by atomic mass is 10.0. The summed E-state index contributed by atoms with van der Waals surface area (Å²) in [6.45, 7) is 12.7. The molecule has 4 nitrogen and oxygen atoms in total. The summed E-state index contributed by atoms with van der Waals surface area (Å²) in [4.78, 5) is 1.08. The van der Waals surface area contributed by atoms with E-state index in [2.05, 4.69) is 41.5 Å². The van der Waals surface area contributed by atoms with E-state index in [0.717, 1.165) is 60.8 Å². The highest BCUT2D eigenvalue weighted by molar-refractivity contribution is 7.95. The zero-order valence-corrected chi connectivity index (χ0v) is 28.2. The number of hydrogen-bond acceptors (Lipinski definition) is 5. The molecule has 3 aromatic rings. The summed E-state index contributed by atoms with van der Waals surface area (Å²) in [5, 5.41) is 0.